The predicted octanol–water partition coefficient (Wildman–Crippen LogP) is 3.67. The summed E-state index contributed by atoms with van der Waals surface area (Å²) in [4.78, 5) is 23.7. The fourth-order valence-electron chi connectivity index (χ4n) is 2.49. The Morgan fingerprint density at radius 3 is 2.28 bits per heavy atom. The molecule has 2 N–H and O–H groups in total. The highest BCUT2D eigenvalue weighted by Gasteiger charge is 2.21. The number of hydrogen-bond acceptors (Lipinski definition) is 3. The van der Waals surface area contributed by atoms with Gasteiger partial charge in [-0.3, -0.25) is 9.59 Å². The fourth-order valence-corrected chi connectivity index (χ4v) is 2.49. The van der Waals surface area contributed by atoms with Crippen molar-refractivity contribution < 1.29 is 19.4 Å². The van der Waals surface area contributed by atoms with Crippen molar-refractivity contribution in [3.05, 3.63) is 59.7 Å². The second kappa shape index (κ2) is 8.87. The molecule has 1 atom stereocenters. The molecule has 0 aliphatic rings. The average Bonchev–Trinajstić information content (AvgIpc) is 2.58. The summed E-state index contributed by atoms with van der Waals surface area (Å²) in [5.74, 6) is -1.32. The Balaban J connectivity index is 1.95. The first-order valence-corrected chi connectivity index (χ1v) is 8.29. The number of hydrogen-bond donors (Lipinski definition) is 2. The van der Waals surface area contributed by atoms with Crippen LogP contribution in [0.1, 0.15) is 24.5 Å². The van der Waals surface area contributed by atoms with Gasteiger partial charge < -0.3 is 15.2 Å². The Labute approximate surface area is 147 Å². The van der Waals surface area contributed by atoms with Crippen LogP contribution < -0.4 is 10.1 Å². The number of benzene rings is 2. The third-order valence-corrected chi connectivity index (χ3v) is 3.83. The summed E-state index contributed by atoms with van der Waals surface area (Å²) in [5, 5.41) is 12.1. The van der Waals surface area contributed by atoms with Gasteiger partial charge in [-0.1, -0.05) is 29.8 Å². The maximum Gasteiger partial charge on any atom is 0.307 e. The van der Waals surface area contributed by atoms with E-state index in [0.29, 0.717) is 18.7 Å². The molecule has 5 nitrogen and oxygen atoms in total. The van der Waals surface area contributed by atoms with Gasteiger partial charge in [0.1, 0.15) is 5.75 Å². The molecule has 0 aliphatic heterocycles. The summed E-state index contributed by atoms with van der Waals surface area (Å²) in [6, 6.07) is 14.7. The van der Waals surface area contributed by atoms with Crippen LogP contribution in [0.5, 0.6) is 5.75 Å². The minimum atomic E-state index is -0.970. The van der Waals surface area contributed by atoms with Crippen molar-refractivity contribution in [3.63, 3.8) is 0 Å². The van der Waals surface area contributed by atoms with Crippen LogP contribution >= 0.6 is 0 Å². The lowest BCUT2D eigenvalue weighted by Gasteiger charge is -2.13. The zero-order valence-corrected chi connectivity index (χ0v) is 14.5. The molecule has 2 aromatic carbocycles. The second-order valence-corrected chi connectivity index (χ2v) is 5.93. The number of amides is 1. The van der Waals surface area contributed by atoms with E-state index in [1.807, 2.05) is 38.1 Å². The SMILES string of the molecule is CCOc1ccc(NC(=O)C[C@H](Cc2ccc(C)cc2)C(=O)O)cc1. The Bertz CT molecular complexity index is 707. The minimum absolute atomic E-state index is 0.0730. The van der Waals surface area contributed by atoms with Crippen LogP contribution in [0.3, 0.4) is 0 Å². The van der Waals surface area contributed by atoms with Crippen LogP contribution in [0.25, 0.3) is 0 Å². The van der Waals surface area contributed by atoms with E-state index < -0.39 is 11.9 Å². The Hall–Kier alpha value is -2.82. The van der Waals surface area contributed by atoms with E-state index in [4.69, 9.17) is 4.74 Å². The third kappa shape index (κ3) is 5.95. The van der Waals surface area contributed by atoms with Crippen LogP contribution in [0.2, 0.25) is 0 Å². The first-order valence-electron chi connectivity index (χ1n) is 8.29. The van der Waals surface area contributed by atoms with E-state index in [1.54, 1.807) is 24.3 Å². The van der Waals surface area contributed by atoms with E-state index in [2.05, 4.69) is 5.32 Å². The third-order valence-electron chi connectivity index (χ3n) is 3.83. The van der Waals surface area contributed by atoms with Gasteiger partial charge in [0.2, 0.25) is 5.91 Å². The number of carboxylic acid groups (broad SMARTS) is 1. The smallest absolute Gasteiger partial charge is 0.307 e. The molecule has 132 valence electrons. The van der Waals surface area contributed by atoms with Crippen molar-refractivity contribution in [2.45, 2.75) is 26.7 Å². The molecule has 2 rings (SSSR count). The molecule has 0 saturated carbocycles. The van der Waals surface area contributed by atoms with Crippen molar-refractivity contribution in [1.29, 1.82) is 0 Å². The molecule has 0 fully saturated rings. The normalized spacial score (nSPS) is 11.6. The van der Waals surface area contributed by atoms with Crippen LogP contribution in [0, 0.1) is 12.8 Å². The lowest BCUT2D eigenvalue weighted by atomic mass is 9.95. The van der Waals surface area contributed by atoms with Gasteiger partial charge in [-0.2, -0.15) is 0 Å². The van der Waals surface area contributed by atoms with E-state index in [1.165, 1.54) is 0 Å². The number of anilines is 1. The quantitative estimate of drug-likeness (QED) is 0.768. The molecule has 0 bridgehead atoms. The highest BCUT2D eigenvalue weighted by atomic mass is 16.5. The molecule has 0 spiro atoms. The predicted molar refractivity (Wildman–Crippen MR) is 96.9 cm³/mol. The summed E-state index contributed by atoms with van der Waals surface area (Å²) in [6.45, 7) is 4.45. The zero-order chi connectivity index (χ0) is 18.2. The van der Waals surface area contributed by atoms with Gasteiger partial charge in [-0.05, 0) is 50.1 Å². The van der Waals surface area contributed by atoms with Gasteiger partial charge in [0, 0.05) is 12.1 Å². The van der Waals surface area contributed by atoms with Crippen molar-refractivity contribution in [2.24, 2.45) is 5.92 Å². The highest BCUT2D eigenvalue weighted by molar-refractivity contribution is 5.93. The molecular weight excluding hydrogens is 318 g/mol. The summed E-state index contributed by atoms with van der Waals surface area (Å²) < 4.78 is 5.35. The number of aryl methyl sites for hydroxylation is 1. The summed E-state index contributed by atoms with van der Waals surface area (Å²) >= 11 is 0. The van der Waals surface area contributed by atoms with E-state index in [9.17, 15) is 14.7 Å². The van der Waals surface area contributed by atoms with Crippen LogP contribution in [0.4, 0.5) is 5.69 Å². The fraction of sp³-hybridized carbons (Fsp3) is 0.300. The maximum absolute atomic E-state index is 12.2. The molecule has 0 saturated heterocycles. The topological polar surface area (TPSA) is 75.6 Å². The number of aliphatic carboxylic acids is 1. The molecule has 0 unspecified atom stereocenters. The number of rotatable bonds is 8. The first-order chi connectivity index (χ1) is 12.0. The minimum Gasteiger partial charge on any atom is -0.494 e. The van der Waals surface area contributed by atoms with Crippen LogP contribution in [0.15, 0.2) is 48.5 Å². The highest BCUT2D eigenvalue weighted by Crippen LogP contribution is 2.18. The molecule has 2 aromatic rings. The number of carbonyl (C=O) groups excluding carboxylic acids is 1. The molecule has 0 aromatic heterocycles. The van der Waals surface area contributed by atoms with Crippen molar-refractivity contribution in [3.8, 4) is 5.75 Å². The zero-order valence-electron chi connectivity index (χ0n) is 14.5. The Morgan fingerprint density at radius 2 is 1.72 bits per heavy atom. The first kappa shape index (κ1) is 18.5. The van der Waals surface area contributed by atoms with E-state index in [-0.39, 0.29) is 12.3 Å². The van der Waals surface area contributed by atoms with E-state index in [0.717, 1.165) is 16.9 Å². The average molecular weight is 341 g/mol. The van der Waals surface area contributed by atoms with Gasteiger partial charge in [0.05, 0.1) is 12.5 Å². The van der Waals surface area contributed by atoms with Gasteiger partial charge in [-0.15, -0.1) is 0 Å². The van der Waals surface area contributed by atoms with Gasteiger partial charge in [0.25, 0.3) is 0 Å². The number of ether oxygens (including phenoxy) is 1. The molecule has 1 amide bonds. The Morgan fingerprint density at radius 1 is 1.08 bits per heavy atom. The molecule has 0 heterocycles. The van der Waals surface area contributed by atoms with Crippen molar-refractivity contribution in [2.75, 3.05) is 11.9 Å². The van der Waals surface area contributed by atoms with Crippen molar-refractivity contribution in [1.82, 2.24) is 0 Å². The van der Waals surface area contributed by atoms with Crippen LogP contribution in [-0.2, 0) is 16.0 Å². The molecule has 5 heteroatoms. The number of carbonyl (C=O) groups is 2. The van der Waals surface area contributed by atoms with Gasteiger partial charge in [-0.25, -0.2) is 0 Å². The summed E-state index contributed by atoms with van der Waals surface area (Å²) in [6.07, 6.45) is 0.253. The van der Waals surface area contributed by atoms with Crippen molar-refractivity contribution >= 4 is 17.6 Å². The molecule has 0 radical (unpaired) electrons. The number of nitrogens with one attached hydrogen (secondary N) is 1. The summed E-state index contributed by atoms with van der Waals surface area (Å²) in [5.41, 5.74) is 2.64. The monoisotopic (exact) mass is 341 g/mol. The van der Waals surface area contributed by atoms with E-state index >= 15 is 0 Å². The largest absolute Gasteiger partial charge is 0.494 e. The lowest BCUT2D eigenvalue weighted by molar-refractivity contribution is -0.143. The standard InChI is InChI=1S/C20H23NO4/c1-3-25-18-10-8-17(9-11-18)21-19(22)13-16(20(23)24)12-15-6-4-14(2)5-7-15/h4-11,16H,3,12-13H2,1-2H3,(H,21,22)(H,23,24)/t16-/m0/s1. The van der Waals surface area contributed by atoms with Gasteiger partial charge >= 0.3 is 5.97 Å². The lowest BCUT2D eigenvalue weighted by Crippen LogP contribution is -2.24. The van der Waals surface area contributed by atoms with Gasteiger partial charge in [0.15, 0.2) is 0 Å². The van der Waals surface area contributed by atoms with Crippen LogP contribution in [-0.4, -0.2) is 23.6 Å². The molecule has 25 heavy (non-hydrogen) atoms. The number of carboxylic acids is 1. The molecular formula is C20H23NO4. The Kier molecular flexibility index (Phi) is 6.57. The molecule has 0 aliphatic carbocycles. The maximum atomic E-state index is 12.2. The second-order valence-electron chi connectivity index (χ2n) is 5.93. The summed E-state index contributed by atoms with van der Waals surface area (Å²) in [7, 11) is 0.